The molecule has 164 valence electrons. The first-order valence-corrected chi connectivity index (χ1v) is 9.64. The average Bonchev–Trinajstić information content (AvgIpc) is 2.87. The third kappa shape index (κ3) is 5.18. The van der Waals surface area contributed by atoms with Gasteiger partial charge in [0.1, 0.15) is 15.6 Å². The van der Waals surface area contributed by atoms with Crippen LogP contribution in [-0.2, 0) is 23.4 Å². The molecule has 0 spiro atoms. The van der Waals surface area contributed by atoms with Crippen molar-refractivity contribution in [3.63, 3.8) is 0 Å². The van der Waals surface area contributed by atoms with Gasteiger partial charge < -0.3 is 9.88 Å². The van der Waals surface area contributed by atoms with Gasteiger partial charge in [-0.2, -0.15) is 13.5 Å². The first kappa shape index (κ1) is 27.1. The number of aryl methyl sites for hydroxylation is 1. The molecule has 1 amide bonds. The second-order valence-electron chi connectivity index (χ2n) is 6.28. The number of carbonyl (C=O) groups excluding carboxylic acids is 1. The van der Waals surface area contributed by atoms with Crippen molar-refractivity contribution in [1.29, 1.82) is 0 Å². The van der Waals surface area contributed by atoms with Crippen molar-refractivity contribution in [2.75, 3.05) is 12.4 Å². The summed E-state index contributed by atoms with van der Waals surface area (Å²) < 4.78 is 48.2. The molecule has 2 aromatic rings. The molecule has 0 saturated heterocycles. The topological polar surface area (TPSA) is 75.5 Å². The summed E-state index contributed by atoms with van der Waals surface area (Å²) in [5, 5.41) is 2.57. The van der Waals surface area contributed by atoms with Crippen LogP contribution in [0.2, 0.25) is 0 Å². The quantitative estimate of drug-likeness (QED) is 0.721. The number of halogens is 2. The van der Waals surface area contributed by atoms with Crippen LogP contribution in [-0.4, -0.2) is 27.8 Å². The van der Waals surface area contributed by atoms with Gasteiger partial charge in [0.05, 0.1) is 4.90 Å². The Kier molecular flexibility index (Phi) is 9.55. The minimum atomic E-state index is -2.83. The molecular weight excluding hydrogens is 418 g/mol. The third-order valence-corrected chi connectivity index (χ3v) is 6.57. The van der Waals surface area contributed by atoms with Crippen molar-refractivity contribution in [3.8, 4) is 0 Å². The van der Waals surface area contributed by atoms with E-state index in [0.717, 1.165) is 12.1 Å². The van der Waals surface area contributed by atoms with Crippen LogP contribution in [0.15, 0.2) is 33.7 Å². The Morgan fingerprint density at radius 3 is 2.55 bits per heavy atom. The van der Waals surface area contributed by atoms with Crippen molar-refractivity contribution < 1.29 is 17.8 Å². The highest BCUT2D eigenvalue weighted by atomic mass is 32.2. The van der Waals surface area contributed by atoms with E-state index in [1.54, 1.807) is 17.8 Å². The highest BCUT2D eigenvalue weighted by Crippen LogP contribution is 2.29. The predicted octanol–water partition coefficient (Wildman–Crippen LogP) is 4.24. The minimum absolute atomic E-state index is 0. The van der Waals surface area contributed by atoms with E-state index in [1.165, 1.54) is 13.1 Å². The largest absolute Gasteiger partial charge is 0.345 e. The van der Waals surface area contributed by atoms with E-state index < -0.39 is 27.5 Å². The predicted molar refractivity (Wildman–Crippen MR) is 119 cm³/mol. The second kappa shape index (κ2) is 10.2. The van der Waals surface area contributed by atoms with Gasteiger partial charge in [0.15, 0.2) is 11.6 Å². The molecule has 0 radical (unpaired) electrons. The number of anilines is 1. The number of nitrogens with zero attached hydrogens (tertiary/aromatic N) is 2. The molecule has 10 heteroatoms. The highest BCUT2D eigenvalue weighted by molar-refractivity contribution is 7.91. The summed E-state index contributed by atoms with van der Waals surface area (Å²) >= 11 is 0. The number of benzene rings is 1. The lowest BCUT2D eigenvalue weighted by molar-refractivity contribution is 0.101. The number of amides is 1. The van der Waals surface area contributed by atoms with E-state index >= 15 is 0 Å². The number of aromatic nitrogens is 1. The SMILES string of the molecule is C.C.CN=S1(=O)N[C@@H](C)CCc2c1cn(C)c2C(=O)Nc1ccc(F)c(F)c1.S. The van der Waals surface area contributed by atoms with Gasteiger partial charge >= 0.3 is 0 Å². The maximum Gasteiger partial charge on any atom is 0.272 e. The van der Waals surface area contributed by atoms with E-state index in [0.29, 0.717) is 29.0 Å². The number of nitrogens with one attached hydrogen (secondary N) is 2. The molecule has 1 aromatic carbocycles. The molecule has 0 saturated carbocycles. The summed E-state index contributed by atoms with van der Waals surface area (Å²) in [5.74, 6) is -2.51. The van der Waals surface area contributed by atoms with Crippen LogP contribution < -0.4 is 10.0 Å². The zero-order valence-corrected chi connectivity index (χ0v) is 17.0. The molecule has 0 aliphatic carbocycles. The van der Waals surface area contributed by atoms with Gasteiger partial charge in [-0.15, -0.1) is 0 Å². The van der Waals surface area contributed by atoms with Crippen molar-refractivity contribution in [3.05, 3.63) is 47.3 Å². The maximum atomic E-state index is 13.4. The zero-order chi connectivity index (χ0) is 19.1. The van der Waals surface area contributed by atoms with Crippen LogP contribution in [0.3, 0.4) is 0 Å². The lowest BCUT2D eigenvalue weighted by Crippen LogP contribution is -2.30. The molecule has 1 aromatic heterocycles. The second-order valence-corrected chi connectivity index (χ2v) is 8.37. The molecular formula is C19H30F2N4O2S2. The van der Waals surface area contributed by atoms with Crippen LogP contribution in [0.5, 0.6) is 0 Å². The van der Waals surface area contributed by atoms with E-state index in [4.69, 9.17) is 0 Å². The monoisotopic (exact) mass is 448 g/mol. The van der Waals surface area contributed by atoms with Gasteiger partial charge in [0.2, 0.25) is 0 Å². The Balaban J connectivity index is 0.00000261. The fourth-order valence-electron chi connectivity index (χ4n) is 3.10. The number of rotatable bonds is 2. The van der Waals surface area contributed by atoms with Crippen LogP contribution in [0, 0.1) is 11.6 Å². The van der Waals surface area contributed by atoms with E-state index in [-0.39, 0.29) is 40.1 Å². The van der Waals surface area contributed by atoms with E-state index in [2.05, 4.69) is 14.4 Å². The van der Waals surface area contributed by atoms with Gasteiger partial charge in [0, 0.05) is 43.7 Å². The van der Waals surface area contributed by atoms with Gasteiger partial charge in [-0.1, -0.05) is 14.9 Å². The van der Waals surface area contributed by atoms with Crippen molar-refractivity contribution in [2.45, 2.75) is 45.6 Å². The van der Waals surface area contributed by atoms with Crippen LogP contribution >= 0.6 is 13.5 Å². The summed E-state index contributed by atoms with van der Waals surface area (Å²) in [4.78, 5) is 13.3. The molecule has 2 N–H and O–H groups in total. The molecule has 1 aliphatic heterocycles. The first-order valence-electron chi connectivity index (χ1n) is 8.12. The number of hydrogen-bond acceptors (Lipinski definition) is 3. The van der Waals surface area contributed by atoms with Gasteiger partial charge in [-0.05, 0) is 31.9 Å². The zero-order valence-electron chi connectivity index (χ0n) is 15.2. The molecule has 1 unspecified atom stereocenters. The molecule has 6 nitrogen and oxygen atoms in total. The van der Waals surface area contributed by atoms with Crippen LogP contribution in [0.1, 0.15) is 44.2 Å². The summed E-state index contributed by atoms with van der Waals surface area (Å²) in [6.45, 7) is 1.91. The molecule has 0 bridgehead atoms. The lowest BCUT2D eigenvalue weighted by atomic mass is 10.1. The van der Waals surface area contributed by atoms with Crippen molar-refractivity contribution in [1.82, 2.24) is 9.29 Å². The van der Waals surface area contributed by atoms with Crippen LogP contribution in [0.4, 0.5) is 14.5 Å². The Hall–Kier alpha value is -1.91. The molecule has 2 heterocycles. The number of hydrogen-bond donors (Lipinski definition) is 2. The standard InChI is InChI=1S/C17H20F2N4O2S.2CH4.H2S/c1-10-4-6-12-15(26(25,20-2)22-10)9-23(3)16(12)17(24)21-11-5-7-13(18)14(19)8-11;;;/h5,7-10H,4,6H2,1-3H3,(H,21,24)(H,20,22,25);2*1H4;1H2/t10-,26?;;;/m0.../s1. The normalized spacial score (nSPS) is 20.1. The smallest absolute Gasteiger partial charge is 0.272 e. The van der Waals surface area contributed by atoms with Gasteiger partial charge in [0.25, 0.3) is 5.91 Å². The lowest BCUT2D eigenvalue weighted by Gasteiger charge is -2.12. The summed E-state index contributed by atoms with van der Waals surface area (Å²) in [6.07, 6.45) is 2.88. The fourth-order valence-corrected chi connectivity index (χ4v) is 5.02. The molecule has 1 aliphatic rings. The van der Waals surface area contributed by atoms with Crippen molar-refractivity contribution in [2.24, 2.45) is 11.4 Å². The molecule has 3 rings (SSSR count). The minimum Gasteiger partial charge on any atom is -0.345 e. The Morgan fingerprint density at radius 2 is 1.97 bits per heavy atom. The Morgan fingerprint density at radius 1 is 1.31 bits per heavy atom. The number of carbonyl (C=O) groups is 1. The summed E-state index contributed by atoms with van der Waals surface area (Å²) in [7, 11) is 0.323. The fraction of sp³-hybridized carbons (Fsp3) is 0.421. The summed E-state index contributed by atoms with van der Waals surface area (Å²) in [5.41, 5.74) is 1.13. The third-order valence-electron chi connectivity index (χ3n) is 4.38. The Bertz CT molecular complexity index is 998. The average molecular weight is 449 g/mol. The Labute approximate surface area is 178 Å². The van der Waals surface area contributed by atoms with E-state index in [9.17, 15) is 17.8 Å². The van der Waals surface area contributed by atoms with Crippen molar-refractivity contribution >= 4 is 35.0 Å². The van der Waals surface area contributed by atoms with E-state index in [1.807, 2.05) is 6.92 Å². The maximum absolute atomic E-state index is 13.4. The molecule has 2 atom stereocenters. The van der Waals surface area contributed by atoms with Gasteiger partial charge in [-0.3, -0.25) is 4.79 Å². The first-order chi connectivity index (χ1) is 12.2. The highest BCUT2D eigenvalue weighted by Gasteiger charge is 2.30. The summed E-state index contributed by atoms with van der Waals surface area (Å²) in [6, 6.07) is 3.13. The number of fused-ring (bicyclic) bond motifs is 1. The van der Waals surface area contributed by atoms with Crippen LogP contribution in [0.25, 0.3) is 0 Å². The molecule has 29 heavy (non-hydrogen) atoms. The molecule has 0 fully saturated rings. The van der Waals surface area contributed by atoms with Gasteiger partial charge in [-0.25, -0.2) is 22.1 Å².